The van der Waals surface area contributed by atoms with Crippen molar-refractivity contribution in [3.63, 3.8) is 0 Å². The van der Waals surface area contributed by atoms with Crippen molar-refractivity contribution >= 4 is 5.91 Å². The van der Waals surface area contributed by atoms with Gasteiger partial charge in [-0.25, -0.2) is 0 Å². The van der Waals surface area contributed by atoms with E-state index in [9.17, 15) is 4.79 Å². The second kappa shape index (κ2) is 9.64. The second-order valence-corrected chi connectivity index (χ2v) is 4.79. The van der Waals surface area contributed by atoms with Gasteiger partial charge >= 0.3 is 0 Å². The van der Waals surface area contributed by atoms with Crippen LogP contribution >= 0.6 is 0 Å². The molecule has 0 rings (SSSR count). The van der Waals surface area contributed by atoms with Crippen LogP contribution in [0.25, 0.3) is 0 Å². The predicted octanol–water partition coefficient (Wildman–Crippen LogP) is 2.32. The highest BCUT2D eigenvalue weighted by atomic mass is 16.1. The smallest absolute Gasteiger partial charge is 0.220 e. The van der Waals surface area contributed by atoms with Crippen LogP contribution in [0.15, 0.2) is 0 Å². The first-order valence-corrected chi connectivity index (χ1v) is 6.58. The quantitative estimate of drug-likeness (QED) is 0.595. The van der Waals surface area contributed by atoms with Crippen molar-refractivity contribution in [2.45, 2.75) is 59.4 Å². The lowest BCUT2D eigenvalue weighted by Crippen LogP contribution is -2.37. The summed E-state index contributed by atoms with van der Waals surface area (Å²) >= 11 is 0. The topological polar surface area (TPSA) is 41.1 Å². The Kier molecular flexibility index (Phi) is 9.30. The Morgan fingerprint density at radius 3 is 2.38 bits per heavy atom. The first-order chi connectivity index (χ1) is 7.57. The van der Waals surface area contributed by atoms with E-state index >= 15 is 0 Å². The zero-order valence-electron chi connectivity index (χ0n) is 11.3. The summed E-state index contributed by atoms with van der Waals surface area (Å²) in [6, 6.07) is 0.511. The summed E-state index contributed by atoms with van der Waals surface area (Å²) in [4.78, 5) is 11.4. The summed E-state index contributed by atoms with van der Waals surface area (Å²) in [5.41, 5.74) is 0. The molecule has 16 heavy (non-hydrogen) atoms. The van der Waals surface area contributed by atoms with Gasteiger partial charge < -0.3 is 10.6 Å². The third-order valence-electron chi connectivity index (χ3n) is 2.92. The highest BCUT2D eigenvalue weighted by Gasteiger charge is 2.05. The number of nitrogens with one attached hydrogen (secondary N) is 2. The number of hydrogen-bond acceptors (Lipinski definition) is 2. The highest BCUT2D eigenvalue weighted by molar-refractivity contribution is 5.75. The van der Waals surface area contributed by atoms with Gasteiger partial charge in [-0.3, -0.25) is 4.79 Å². The van der Waals surface area contributed by atoms with Crippen molar-refractivity contribution in [1.29, 1.82) is 0 Å². The summed E-state index contributed by atoms with van der Waals surface area (Å²) < 4.78 is 0. The van der Waals surface area contributed by atoms with Gasteiger partial charge in [-0.1, -0.05) is 33.6 Å². The lowest BCUT2D eigenvalue weighted by molar-refractivity contribution is -0.121. The van der Waals surface area contributed by atoms with Gasteiger partial charge in [-0.15, -0.1) is 0 Å². The van der Waals surface area contributed by atoms with Crippen molar-refractivity contribution in [2.24, 2.45) is 5.92 Å². The molecule has 1 atom stereocenters. The fourth-order valence-corrected chi connectivity index (χ4v) is 1.36. The SMILES string of the molecule is CCCCCC(=O)NCCNC(C)C(C)C. The number of carbonyl (C=O) groups excluding carboxylic acids is 1. The summed E-state index contributed by atoms with van der Waals surface area (Å²) in [5.74, 6) is 0.827. The molecule has 0 aliphatic carbocycles. The fourth-order valence-electron chi connectivity index (χ4n) is 1.36. The number of amides is 1. The lowest BCUT2D eigenvalue weighted by Gasteiger charge is -2.17. The normalized spacial score (nSPS) is 12.8. The van der Waals surface area contributed by atoms with Crippen molar-refractivity contribution in [2.75, 3.05) is 13.1 Å². The van der Waals surface area contributed by atoms with Crippen LogP contribution < -0.4 is 10.6 Å². The van der Waals surface area contributed by atoms with E-state index in [4.69, 9.17) is 0 Å². The van der Waals surface area contributed by atoms with Crippen molar-refractivity contribution in [3.8, 4) is 0 Å². The molecule has 0 aliphatic heterocycles. The highest BCUT2D eigenvalue weighted by Crippen LogP contribution is 1.99. The van der Waals surface area contributed by atoms with E-state index in [1.165, 1.54) is 6.42 Å². The molecule has 2 N–H and O–H groups in total. The van der Waals surface area contributed by atoms with E-state index in [1.54, 1.807) is 0 Å². The molecule has 0 aromatic carbocycles. The molecule has 0 fully saturated rings. The van der Waals surface area contributed by atoms with E-state index in [0.717, 1.165) is 25.9 Å². The molecule has 3 nitrogen and oxygen atoms in total. The van der Waals surface area contributed by atoms with Crippen LogP contribution in [0, 0.1) is 5.92 Å². The van der Waals surface area contributed by atoms with E-state index < -0.39 is 0 Å². The zero-order valence-corrected chi connectivity index (χ0v) is 11.3. The van der Waals surface area contributed by atoms with Gasteiger partial charge in [-0.05, 0) is 19.3 Å². The standard InChI is InChI=1S/C13H28N2O/c1-5-6-7-8-13(16)15-10-9-14-12(4)11(2)3/h11-12,14H,5-10H2,1-4H3,(H,15,16). The maximum atomic E-state index is 11.4. The van der Waals surface area contributed by atoms with E-state index in [2.05, 4.69) is 38.3 Å². The zero-order chi connectivity index (χ0) is 12.4. The molecular formula is C13H28N2O. The first-order valence-electron chi connectivity index (χ1n) is 6.58. The number of rotatable bonds is 9. The Bertz CT molecular complexity index is 181. The third kappa shape index (κ3) is 8.72. The molecule has 1 amide bonds. The monoisotopic (exact) mass is 228 g/mol. The van der Waals surface area contributed by atoms with Crippen molar-refractivity contribution in [1.82, 2.24) is 10.6 Å². The minimum absolute atomic E-state index is 0.187. The van der Waals surface area contributed by atoms with Crippen LogP contribution in [0.5, 0.6) is 0 Å². The van der Waals surface area contributed by atoms with Crippen LogP contribution in [0.2, 0.25) is 0 Å². The van der Waals surface area contributed by atoms with Crippen molar-refractivity contribution < 1.29 is 4.79 Å². The Morgan fingerprint density at radius 1 is 1.12 bits per heavy atom. The van der Waals surface area contributed by atoms with Gasteiger partial charge in [0.05, 0.1) is 0 Å². The Hall–Kier alpha value is -0.570. The van der Waals surface area contributed by atoms with Crippen molar-refractivity contribution in [3.05, 3.63) is 0 Å². The molecule has 0 saturated heterocycles. The van der Waals surface area contributed by atoms with Crippen LogP contribution in [0.3, 0.4) is 0 Å². The summed E-state index contributed by atoms with van der Waals surface area (Å²) in [6.07, 6.45) is 4.00. The molecule has 0 heterocycles. The molecule has 0 radical (unpaired) electrons. The summed E-state index contributed by atoms with van der Waals surface area (Å²) in [7, 11) is 0. The lowest BCUT2D eigenvalue weighted by atomic mass is 10.1. The maximum absolute atomic E-state index is 11.4. The number of hydrogen-bond donors (Lipinski definition) is 2. The molecule has 0 spiro atoms. The van der Waals surface area contributed by atoms with Crippen LogP contribution in [-0.4, -0.2) is 25.0 Å². The average molecular weight is 228 g/mol. The number of carbonyl (C=O) groups is 1. The molecular weight excluding hydrogens is 200 g/mol. The van der Waals surface area contributed by atoms with Crippen LogP contribution in [0.4, 0.5) is 0 Å². The molecule has 0 aromatic heterocycles. The minimum atomic E-state index is 0.187. The average Bonchev–Trinajstić information content (AvgIpc) is 2.24. The fraction of sp³-hybridized carbons (Fsp3) is 0.923. The summed E-state index contributed by atoms with van der Waals surface area (Å²) in [6.45, 7) is 10.3. The maximum Gasteiger partial charge on any atom is 0.220 e. The van der Waals surface area contributed by atoms with E-state index in [1.807, 2.05) is 0 Å². The minimum Gasteiger partial charge on any atom is -0.355 e. The van der Waals surface area contributed by atoms with Gasteiger partial charge in [0.25, 0.3) is 0 Å². The molecule has 0 aromatic rings. The molecule has 0 saturated carbocycles. The predicted molar refractivity (Wildman–Crippen MR) is 69.5 cm³/mol. The number of unbranched alkanes of at least 4 members (excludes halogenated alkanes) is 2. The molecule has 3 heteroatoms. The van der Waals surface area contributed by atoms with E-state index in [0.29, 0.717) is 18.4 Å². The van der Waals surface area contributed by atoms with Gasteiger partial charge in [0.15, 0.2) is 0 Å². The van der Waals surface area contributed by atoms with Crippen LogP contribution in [0.1, 0.15) is 53.4 Å². The molecule has 1 unspecified atom stereocenters. The largest absolute Gasteiger partial charge is 0.355 e. The summed E-state index contributed by atoms with van der Waals surface area (Å²) in [5, 5.41) is 6.32. The Morgan fingerprint density at radius 2 is 1.81 bits per heavy atom. The van der Waals surface area contributed by atoms with E-state index in [-0.39, 0.29) is 5.91 Å². The molecule has 0 bridgehead atoms. The van der Waals surface area contributed by atoms with Gasteiger partial charge in [0.1, 0.15) is 0 Å². The Balaban J connectivity index is 3.34. The second-order valence-electron chi connectivity index (χ2n) is 4.79. The Labute approximate surface area is 100 Å². The first kappa shape index (κ1) is 15.4. The molecule has 96 valence electrons. The van der Waals surface area contributed by atoms with Gasteiger partial charge in [0, 0.05) is 25.6 Å². The van der Waals surface area contributed by atoms with Crippen LogP contribution in [-0.2, 0) is 4.79 Å². The van der Waals surface area contributed by atoms with Gasteiger partial charge in [-0.2, -0.15) is 0 Å². The third-order valence-corrected chi connectivity index (χ3v) is 2.92. The van der Waals surface area contributed by atoms with Gasteiger partial charge in [0.2, 0.25) is 5.91 Å². The molecule has 0 aliphatic rings.